The average molecular weight is 777 g/mol. The minimum absolute atomic E-state index is 0.0504. The molecule has 6 rings (SSSR count). The molecule has 0 aliphatic carbocycles. The van der Waals surface area contributed by atoms with Crippen molar-refractivity contribution in [1.82, 2.24) is 34.8 Å². The molecule has 0 spiro atoms. The third kappa shape index (κ3) is 8.86. The van der Waals surface area contributed by atoms with E-state index in [9.17, 15) is 28.0 Å². The number of hydrogen-bond donors (Lipinski definition) is 3. The zero-order chi connectivity index (χ0) is 39.9. The third-order valence-corrected chi connectivity index (χ3v) is 11.0. The van der Waals surface area contributed by atoms with Crippen LogP contribution >= 0.6 is 0 Å². The fourth-order valence-electron chi connectivity index (χ4n) is 7.89. The Morgan fingerprint density at radius 3 is 2.34 bits per heavy atom. The molecule has 2 aromatic heterocycles. The summed E-state index contributed by atoms with van der Waals surface area (Å²) in [6, 6.07) is 7.99. The monoisotopic (exact) mass is 776 g/mol. The maximum atomic E-state index is 14.3. The quantitative estimate of drug-likeness (QED) is 0.149. The smallest absolute Gasteiger partial charge is 0.276 e. The molecule has 300 valence electrons. The van der Waals surface area contributed by atoms with Gasteiger partial charge in [0.05, 0.1) is 32.5 Å². The topological polar surface area (TPSA) is 154 Å². The Morgan fingerprint density at radius 1 is 1.02 bits per heavy atom. The standard InChI is InChI=1S/C40H50F2N8O6/c1-5-6-33(39(53)43-24-51)45-27-7-8-28(29(19-27)38(41)42)25-9-11-48(12-10-25)23-36(52)50-15-13-49(14-16-50)22-32-34(55-3)17-26(18-35(32)56-4)31-21-47(2)40(54)37-30(31)20-44-46-37/h7-8,17-21,24-25,33,38,45H,5-6,9-16,22-23H2,1-4H3,(H,44,46)(H,43,51,53). The number of hydrogen-bond acceptors (Lipinski definition) is 10. The number of alkyl halides is 2. The number of anilines is 1. The highest BCUT2D eigenvalue weighted by molar-refractivity contribution is 5.94. The number of aryl methyl sites for hydroxylation is 1. The molecule has 2 saturated heterocycles. The Labute approximate surface area is 324 Å². The van der Waals surface area contributed by atoms with Gasteiger partial charge in [0.25, 0.3) is 12.0 Å². The first-order chi connectivity index (χ1) is 27.0. The number of carbonyl (C=O) groups excluding carboxylic acids is 3. The van der Waals surface area contributed by atoms with E-state index in [4.69, 9.17) is 9.47 Å². The van der Waals surface area contributed by atoms with E-state index in [1.807, 2.05) is 24.0 Å². The summed E-state index contributed by atoms with van der Waals surface area (Å²) in [4.78, 5) is 55.3. The van der Waals surface area contributed by atoms with Crippen LogP contribution in [0.4, 0.5) is 14.5 Å². The molecule has 2 aliphatic rings. The van der Waals surface area contributed by atoms with E-state index in [1.54, 1.807) is 45.8 Å². The van der Waals surface area contributed by atoms with Gasteiger partial charge in [0.1, 0.15) is 23.1 Å². The van der Waals surface area contributed by atoms with Crippen LogP contribution in [0.15, 0.2) is 47.5 Å². The maximum Gasteiger partial charge on any atom is 0.276 e. The molecular weight excluding hydrogens is 726 g/mol. The van der Waals surface area contributed by atoms with E-state index >= 15 is 0 Å². The molecule has 3 N–H and O–H groups in total. The van der Waals surface area contributed by atoms with Crippen LogP contribution < -0.4 is 25.7 Å². The van der Waals surface area contributed by atoms with E-state index in [0.29, 0.717) is 112 Å². The number of rotatable bonds is 15. The first-order valence-electron chi connectivity index (χ1n) is 19.0. The van der Waals surface area contributed by atoms with Crippen LogP contribution in [0.1, 0.15) is 61.6 Å². The molecule has 14 nitrogen and oxygen atoms in total. The number of carbonyl (C=O) groups is 3. The maximum absolute atomic E-state index is 14.3. The summed E-state index contributed by atoms with van der Waals surface area (Å²) < 4.78 is 41.8. The molecule has 0 saturated carbocycles. The molecule has 4 heterocycles. The third-order valence-electron chi connectivity index (χ3n) is 11.0. The largest absolute Gasteiger partial charge is 0.496 e. The van der Waals surface area contributed by atoms with Gasteiger partial charge in [-0.1, -0.05) is 19.4 Å². The Morgan fingerprint density at radius 2 is 1.71 bits per heavy atom. The average Bonchev–Trinajstić information content (AvgIpc) is 3.70. The Bertz CT molecular complexity index is 2060. The van der Waals surface area contributed by atoms with Gasteiger partial charge in [0.2, 0.25) is 18.2 Å². The van der Waals surface area contributed by atoms with Gasteiger partial charge in [0, 0.05) is 68.2 Å². The second-order valence-corrected chi connectivity index (χ2v) is 14.4. The number of halogens is 2. The molecule has 2 fully saturated rings. The number of imide groups is 1. The van der Waals surface area contributed by atoms with E-state index < -0.39 is 18.4 Å². The normalized spacial score (nSPS) is 16.2. The SMILES string of the molecule is CCCC(Nc1ccc(C2CCN(CC(=O)N3CCN(Cc4c(OC)cc(-c5cn(C)c(=O)c6[nH]ncc56)cc4OC)CC3)CC2)c(C(F)F)c1)C(=O)NC=O. The predicted octanol–water partition coefficient (Wildman–Crippen LogP) is 4.26. The predicted molar refractivity (Wildman–Crippen MR) is 208 cm³/mol. The number of aromatic amines is 1. The molecule has 0 bridgehead atoms. The van der Waals surface area contributed by atoms with Gasteiger partial charge < -0.3 is 24.3 Å². The van der Waals surface area contributed by atoms with Crippen LogP contribution in [-0.4, -0.2) is 114 Å². The Balaban J connectivity index is 1.03. The number of H-pyrrole nitrogens is 1. The lowest BCUT2D eigenvalue weighted by Crippen LogP contribution is -2.51. The molecule has 1 atom stereocenters. The van der Waals surface area contributed by atoms with Crippen LogP contribution in [0.2, 0.25) is 0 Å². The number of aromatic nitrogens is 3. The summed E-state index contributed by atoms with van der Waals surface area (Å²) in [7, 11) is 4.93. The zero-order valence-corrected chi connectivity index (χ0v) is 32.3. The number of ether oxygens (including phenoxy) is 2. The number of fused-ring (bicyclic) bond motifs is 1. The molecule has 4 aromatic rings. The molecule has 2 aliphatic heterocycles. The highest BCUT2D eigenvalue weighted by Crippen LogP contribution is 2.39. The first-order valence-corrected chi connectivity index (χ1v) is 19.0. The lowest BCUT2D eigenvalue weighted by atomic mass is 9.86. The van der Waals surface area contributed by atoms with Gasteiger partial charge in [-0.3, -0.25) is 39.4 Å². The van der Waals surface area contributed by atoms with Crippen molar-refractivity contribution < 1.29 is 32.6 Å². The number of methoxy groups -OCH3 is 2. The number of amides is 3. The Hall–Kier alpha value is -5.35. The fraction of sp³-hybridized carbons (Fsp3) is 0.475. The number of piperidine rings is 1. The molecule has 16 heteroatoms. The lowest BCUT2D eigenvalue weighted by molar-refractivity contribution is -0.134. The van der Waals surface area contributed by atoms with Gasteiger partial charge in [-0.15, -0.1) is 0 Å². The molecule has 1 unspecified atom stereocenters. The number of nitrogens with zero attached hydrogens (tertiary/aromatic N) is 5. The van der Waals surface area contributed by atoms with Crippen LogP contribution in [0.3, 0.4) is 0 Å². The van der Waals surface area contributed by atoms with Gasteiger partial charge in [-0.25, -0.2) is 8.78 Å². The van der Waals surface area contributed by atoms with Crippen LogP contribution in [-0.2, 0) is 28.0 Å². The minimum Gasteiger partial charge on any atom is -0.496 e. The van der Waals surface area contributed by atoms with Crippen molar-refractivity contribution in [2.45, 2.75) is 57.5 Å². The van der Waals surface area contributed by atoms with Crippen molar-refractivity contribution in [3.8, 4) is 22.6 Å². The minimum atomic E-state index is -2.69. The second kappa shape index (κ2) is 18.1. The van der Waals surface area contributed by atoms with Crippen molar-refractivity contribution in [3.05, 3.63) is 69.8 Å². The number of piperazine rings is 1. The molecule has 56 heavy (non-hydrogen) atoms. The Kier molecular flexibility index (Phi) is 13.0. The van der Waals surface area contributed by atoms with Gasteiger partial charge in [0.15, 0.2) is 0 Å². The van der Waals surface area contributed by atoms with Crippen molar-refractivity contribution >= 4 is 34.8 Å². The molecule has 0 radical (unpaired) electrons. The van der Waals surface area contributed by atoms with Crippen molar-refractivity contribution in [1.29, 1.82) is 0 Å². The van der Waals surface area contributed by atoms with Gasteiger partial charge in [-0.2, -0.15) is 5.10 Å². The summed E-state index contributed by atoms with van der Waals surface area (Å²) in [5.41, 5.74) is 3.70. The van der Waals surface area contributed by atoms with E-state index in [2.05, 4.69) is 30.6 Å². The molecule has 2 aromatic carbocycles. The van der Waals surface area contributed by atoms with Crippen LogP contribution in [0.5, 0.6) is 11.5 Å². The van der Waals surface area contributed by atoms with Gasteiger partial charge >= 0.3 is 0 Å². The highest BCUT2D eigenvalue weighted by atomic mass is 19.3. The van der Waals surface area contributed by atoms with Gasteiger partial charge in [-0.05, 0) is 73.7 Å². The number of pyridine rings is 1. The van der Waals surface area contributed by atoms with Crippen LogP contribution in [0, 0.1) is 0 Å². The first kappa shape index (κ1) is 40.3. The summed E-state index contributed by atoms with van der Waals surface area (Å²) in [5.74, 6) is 0.772. The summed E-state index contributed by atoms with van der Waals surface area (Å²) in [6.45, 7) is 6.44. The number of likely N-dealkylation sites (tertiary alicyclic amines) is 1. The van der Waals surface area contributed by atoms with E-state index in [-0.39, 0.29) is 29.5 Å². The summed E-state index contributed by atoms with van der Waals surface area (Å²) in [6.07, 6.45) is 3.44. The molecule has 3 amide bonds. The summed E-state index contributed by atoms with van der Waals surface area (Å²) >= 11 is 0. The second-order valence-electron chi connectivity index (χ2n) is 14.4. The number of nitrogens with one attached hydrogen (secondary N) is 3. The molecular formula is C40H50F2N8O6. The van der Waals surface area contributed by atoms with Crippen molar-refractivity contribution in [3.63, 3.8) is 0 Å². The van der Waals surface area contributed by atoms with Crippen molar-refractivity contribution in [2.75, 3.05) is 65.3 Å². The zero-order valence-electron chi connectivity index (χ0n) is 32.3. The van der Waals surface area contributed by atoms with Crippen molar-refractivity contribution in [2.24, 2.45) is 7.05 Å². The number of benzene rings is 2. The van der Waals surface area contributed by atoms with E-state index in [1.165, 1.54) is 10.6 Å². The fourth-order valence-corrected chi connectivity index (χ4v) is 7.89. The summed E-state index contributed by atoms with van der Waals surface area (Å²) in [5, 5.41) is 12.7. The van der Waals surface area contributed by atoms with Crippen LogP contribution in [0.25, 0.3) is 22.0 Å². The lowest BCUT2D eigenvalue weighted by Gasteiger charge is -2.37. The highest BCUT2D eigenvalue weighted by Gasteiger charge is 2.29. The van der Waals surface area contributed by atoms with E-state index in [0.717, 1.165) is 16.7 Å².